The summed E-state index contributed by atoms with van der Waals surface area (Å²) in [5.74, 6) is 1.28. The van der Waals surface area contributed by atoms with E-state index in [-0.39, 0.29) is 42.9 Å². The van der Waals surface area contributed by atoms with Gasteiger partial charge in [-0.2, -0.15) is 24.0 Å². The molecule has 0 N–H and O–H groups in total. The van der Waals surface area contributed by atoms with Gasteiger partial charge in [0.1, 0.15) is 0 Å². The zero-order chi connectivity index (χ0) is 14.9. The summed E-state index contributed by atoms with van der Waals surface area (Å²) in [4.78, 5) is 0. The average molecular weight is 371 g/mol. The molecule has 2 heteroatoms. The van der Waals surface area contributed by atoms with Crippen LogP contribution in [0, 0.1) is 36.5 Å². The number of hydrogen-bond donors (Lipinski definition) is 1. The molecule has 117 valence electrons. The van der Waals surface area contributed by atoms with Gasteiger partial charge in [-0.3, -0.25) is 0 Å². The van der Waals surface area contributed by atoms with Gasteiger partial charge in [0.15, 0.2) is 0 Å². The first-order chi connectivity index (χ1) is 8.47. The zero-order valence-corrected chi connectivity index (χ0v) is 18.1. The van der Waals surface area contributed by atoms with Crippen LogP contribution in [0.1, 0.15) is 73.1 Å². The van der Waals surface area contributed by atoms with Gasteiger partial charge in [-0.25, -0.2) is 0 Å². The molecule has 1 aliphatic carbocycles. The van der Waals surface area contributed by atoms with Gasteiger partial charge in [-0.15, -0.1) is 0 Å². The molecule has 0 aliphatic heterocycles. The van der Waals surface area contributed by atoms with Crippen LogP contribution < -0.4 is 0 Å². The third-order valence-corrected chi connectivity index (χ3v) is 5.45. The first kappa shape index (κ1) is 21.5. The van der Waals surface area contributed by atoms with E-state index in [0.29, 0.717) is 11.3 Å². The fraction of sp³-hybridized carbons (Fsp3) is 0.889. The Bertz CT molecular complexity index is 290. The maximum Gasteiger partial charge on any atom is 0.0135 e. The van der Waals surface area contributed by atoms with Gasteiger partial charge in [-0.05, 0) is 24.2 Å². The molecule has 0 bridgehead atoms. The van der Waals surface area contributed by atoms with Gasteiger partial charge in [0.25, 0.3) is 0 Å². The van der Waals surface area contributed by atoms with Gasteiger partial charge in [0.05, 0.1) is 0 Å². The van der Waals surface area contributed by atoms with Crippen molar-refractivity contribution in [3.05, 3.63) is 13.8 Å². The van der Waals surface area contributed by atoms with Crippen LogP contribution in [-0.2, 0) is 32.7 Å². The van der Waals surface area contributed by atoms with E-state index in [4.69, 9.17) is 12.6 Å². The maximum atomic E-state index is 5.14. The van der Waals surface area contributed by atoms with Crippen molar-refractivity contribution in [2.75, 3.05) is 0 Å². The van der Waals surface area contributed by atoms with Crippen LogP contribution >= 0.6 is 12.6 Å². The number of thiol groups is 1. The topological polar surface area (TPSA) is 0 Å². The Kier molecular flexibility index (Phi) is 8.39. The first-order valence-electron chi connectivity index (χ1n) is 7.88. The van der Waals surface area contributed by atoms with Crippen molar-refractivity contribution >= 4 is 12.6 Å². The second-order valence-electron chi connectivity index (χ2n) is 8.41. The molecule has 0 heterocycles. The molecular weight excluding hydrogens is 337 g/mol. The van der Waals surface area contributed by atoms with Gasteiger partial charge in [0, 0.05) is 37.5 Å². The van der Waals surface area contributed by atoms with Gasteiger partial charge in [0.2, 0.25) is 0 Å². The summed E-state index contributed by atoms with van der Waals surface area (Å²) in [5.41, 5.74) is 0.455. The molecule has 1 aliphatic rings. The predicted octanol–water partition coefficient (Wildman–Crippen LogP) is 5.98. The Morgan fingerprint density at radius 3 is 2.30 bits per heavy atom. The van der Waals surface area contributed by atoms with Crippen molar-refractivity contribution < 1.29 is 32.7 Å². The van der Waals surface area contributed by atoms with Crippen molar-refractivity contribution in [3.63, 3.8) is 0 Å². The molecule has 1 saturated carbocycles. The summed E-state index contributed by atoms with van der Waals surface area (Å²) in [6.45, 7) is 20.1. The van der Waals surface area contributed by atoms with E-state index >= 15 is 0 Å². The van der Waals surface area contributed by atoms with E-state index in [0.717, 1.165) is 12.3 Å². The van der Waals surface area contributed by atoms with Crippen LogP contribution in [0.2, 0.25) is 0 Å². The minimum Gasteiger partial charge on any atom is -0.340 e. The Morgan fingerprint density at radius 2 is 1.90 bits per heavy atom. The molecule has 0 saturated heterocycles. The third-order valence-electron chi connectivity index (χ3n) is 4.80. The minimum absolute atomic E-state index is 0. The van der Waals surface area contributed by atoms with Gasteiger partial charge in [-0.1, -0.05) is 60.3 Å². The molecule has 1 radical (unpaired) electrons. The smallest absolute Gasteiger partial charge is 0.0135 e. The SMILES string of the molecule is [CH2-]C(C)CC(C)(S)C1(CC([CH2-])(C)C)CCCC(C)C1.[Y]. The Labute approximate surface area is 158 Å². The van der Waals surface area contributed by atoms with Crippen LogP contribution in [0.4, 0.5) is 0 Å². The summed E-state index contributed by atoms with van der Waals surface area (Å²) in [7, 11) is 0. The summed E-state index contributed by atoms with van der Waals surface area (Å²) >= 11 is 5.14. The molecular formula is C18H34SY-2. The van der Waals surface area contributed by atoms with E-state index in [9.17, 15) is 0 Å². The van der Waals surface area contributed by atoms with Crippen LogP contribution in [0.5, 0.6) is 0 Å². The fourth-order valence-corrected chi connectivity index (χ4v) is 4.91. The van der Waals surface area contributed by atoms with Crippen molar-refractivity contribution in [1.29, 1.82) is 0 Å². The van der Waals surface area contributed by atoms with Gasteiger partial charge < -0.3 is 13.8 Å². The quantitative estimate of drug-likeness (QED) is 0.446. The Hall–Kier alpha value is 1.45. The molecule has 0 spiro atoms. The molecule has 0 aromatic rings. The van der Waals surface area contributed by atoms with Crippen molar-refractivity contribution in [3.8, 4) is 0 Å². The molecule has 1 rings (SSSR count). The molecule has 1 fully saturated rings. The molecule has 20 heavy (non-hydrogen) atoms. The van der Waals surface area contributed by atoms with E-state index < -0.39 is 0 Å². The van der Waals surface area contributed by atoms with Crippen molar-refractivity contribution in [2.24, 2.45) is 22.7 Å². The Morgan fingerprint density at radius 1 is 1.35 bits per heavy atom. The Balaban J connectivity index is 0.00000361. The average Bonchev–Trinajstić information content (AvgIpc) is 2.11. The molecule has 0 aromatic heterocycles. The fourth-order valence-electron chi connectivity index (χ4n) is 4.31. The minimum atomic E-state index is 0. The van der Waals surface area contributed by atoms with E-state index in [1.54, 1.807) is 0 Å². The van der Waals surface area contributed by atoms with Crippen molar-refractivity contribution in [2.45, 2.75) is 77.9 Å². The molecule has 0 nitrogen and oxygen atoms in total. The molecule has 4 atom stereocenters. The number of rotatable bonds is 5. The monoisotopic (exact) mass is 371 g/mol. The normalized spacial score (nSPS) is 32.1. The standard InChI is InChI=1S/C18H34S.Y/c1-14(2)11-17(7,19)18(13-16(4,5)6)10-8-9-15(3)12-18;/h14-15,19H,1,4,8-13H2,2-3,5-7H3;/q-2;. The van der Waals surface area contributed by atoms with Crippen LogP contribution in [-0.4, -0.2) is 4.75 Å². The molecule has 0 amide bonds. The predicted molar refractivity (Wildman–Crippen MR) is 90.3 cm³/mol. The second-order valence-corrected chi connectivity index (χ2v) is 9.39. The summed E-state index contributed by atoms with van der Waals surface area (Å²) in [6, 6.07) is 0. The summed E-state index contributed by atoms with van der Waals surface area (Å²) < 4.78 is 0.0673. The largest absolute Gasteiger partial charge is 0.340 e. The van der Waals surface area contributed by atoms with E-state index in [1.807, 2.05) is 0 Å². The second kappa shape index (κ2) is 7.82. The third kappa shape index (κ3) is 5.92. The maximum absolute atomic E-state index is 5.14. The summed E-state index contributed by atoms with van der Waals surface area (Å²) in [6.07, 6.45) is 7.61. The zero-order valence-electron chi connectivity index (χ0n) is 14.3. The van der Waals surface area contributed by atoms with Crippen LogP contribution in [0.25, 0.3) is 0 Å². The number of hydrogen-bond acceptors (Lipinski definition) is 1. The van der Waals surface area contributed by atoms with Crippen molar-refractivity contribution in [1.82, 2.24) is 0 Å². The van der Waals surface area contributed by atoms with Crippen LogP contribution in [0.15, 0.2) is 0 Å². The van der Waals surface area contributed by atoms with Gasteiger partial charge >= 0.3 is 0 Å². The van der Waals surface area contributed by atoms with E-state index in [2.05, 4.69) is 48.5 Å². The van der Waals surface area contributed by atoms with Crippen LogP contribution in [0.3, 0.4) is 0 Å². The van der Waals surface area contributed by atoms with E-state index in [1.165, 1.54) is 32.1 Å². The summed E-state index contributed by atoms with van der Waals surface area (Å²) in [5, 5.41) is 0. The molecule has 0 aromatic carbocycles. The molecule has 4 unspecified atom stereocenters. The first-order valence-corrected chi connectivity index (χ1v) is 8.33.